The van der Waals surface area contributed by atoms with Gasteiger partial charge in [-0.25, -0.2) is 0 Å². The van der Waals surface area contributed by atoms with Crippen molar-refractivity contribution in [1.29, 1.82) is 0 Å². The first-order valence-electron chi connectivity index (χ1n) is 5.51. The van der Waals surface area contributed by atoms with Crippen LogP contribution < -0.4 is 15.8 Å². The van der Waals surface area contributed by atoms with Crippen molar-refractivity contribution in [3.05, 3.63) is 30.3 Å². The zero-order chi connectivity index (χ0) is 13.4. The summed E-state index contributed by atoms with van der Waals surface area (Å²) in [6.07, 6.45) is -1.79. The number of nitrogens with two attached hydrogens (primary N) is 1. The summed E-state index contributed by atoms with van der Waals surface area (Å²) < 4.78 is 5.33. The molecule has 0 saturated carbocycles. The van der Waals surface area contributed by atoms with Crippen molar-refractivity contribution in [3.63, 3.8) is 0 Å². The first kappa shape index (κ1) is 14.0. The standard InChI is InChI=1S/C12H16N2O4/c13-11(16)8-10(15)12(17)14-6-7-18-9-4-2-1-3-5-9/h1-5,10,15H,6-8H2,(H2,13,16)(H,14,17). The molecule has 1 aromatic carbocycles. The Kier molecular flexibility index (Phi) is 5.66. The van der Waals surface area contributed by atoms with Crippen LogP contribution in [0.25, 0.3) is 0 Å². The first-order chi connectivity index (χ1) is 8.59. The number of hydrogen-bond donors (Lipinski definition) is 3. The largest absolute Gasteiger partial charge is 0.492 e. The Labute approximate surface area is 105 Å². The maximum Gasteiger partial charge on any atom is 0.249 e. The molecule has 1 atom stereocenters. The van der Waals surface area contributed by atoms with Crippen molar-refractivity contribution < 1.29 is 19.4 Å². The molecule has 4 N–H and O–H groups in total. The molecule has 1 unspecified atom stereocenters. The molecule has 18 heavy (non-hydrogen) atoms. The summed E-state index contributed by atoms with van der Waals surface area (Å²) in [5, 5.41) is 11.7. The summed E-state index contributed by atoms with van der Waals surface area (Å²) in [5.41, 5.74) is 4.86. The van der Waals surface area contributed by atoms with E-state index in [9.17, 15) is 14.7 Å². The fraction of sp³-hybridized carbons (Fsp3) is 0.333. The molecule has 0 radical (unpaired) electrons. The maximum atomic E-state index is 11.3. The molecule has 0 aliphatic heterocycles. The molecule has 6 nitrogen and oxygen atoms in total. The Hall–Kier alpha value is -2.08. The van der Waals surface area contributed by atoms with Crippen LogP contribution in [0.15, 0.2) is 30.3 Å². The summed E-state index contributed by atoms with van der Waals surface area (Å²) in [4.78, 5) is 21.8. The van der Waals surface area contributed by atoms with Crippen LogP contribution >= 0.6 is 0 Å². The summed E-state index contributed by atoms with van der Waals surface area (Å²) in [6.45, 7) is 0.516. The van der Waals surface area contributed by atoms with E-state index in [1.165, 1.54) is 0 Å². The van der Waals surface area contributed by atoms with E-state index in [2.05, 4.69) is 5.32 Å². The predicted octanol–water partition coefficient (Wildman–Crippen LogP) is -0.582. The molecule has 0 fully saturated rings. The average Bonchev–Trinajstić information content (AvgIpc) is 2.34. The number of hydrogen-bond acceptors (Lipinski definition) is 4. The Bertz CT molecular complexity index is 394. The Morgan fingerprint density at radius 1 is 1.33 bits per heavy atom. The van der Waals surface area contributed by atoms with E-state index in [1.54, 1.807) is 12.1 Å². The zero-order valence-electron chi connectivity index (χ0n) is 9.83. The number of amides is 2. The monoisotopic (exact) mass is 252 g/mol. The third-order valence-corrected chi connectivity index (χ3v) is 2.11. The van der Waals surface area contributed by atoms with Crippen molar-refractivity contribution in [1.82, 2.24) is 5.32 Å². The van der Waals surface area contributed by atoms with Gasteiger partial charge >= 0.3 is 0 Å². The fourth-order valence-electron chi connectivity index (χ4n) is 1.26. The second-order valence-corrected chi connectivity index (χ2v) is 3.64. The predicted molar refractivity (Wildman–Crippen MR) is 64.8 cm³/mol. The molecule has 0 saturated heterocycles. The first-order valence-corrected chi connectivity index (χ1v) is 5.51. The van der Waals surface area contributed by atoms with Gasteiger partial charge in [-0.2, -0.15) is 0 Å². The van der Waals surface area contributed by atoms with Crippen LogP contribution in [0.3, 0.4) is 0 Å². The van der Waals surface area contributed by atoms with Gasteiger partial charge in [0.1, 0.15) is 18.5 Å². The van der Waals surface area contributed by atoms with E-state index in [0.29, 0.717) is 5.75 Å². The van der Waals surface area contributed by atoms with Crippen LogP contribution in [-0.2, 0) is 9.59 Å². The van der Waals surface area contributed by atoms with Gasteiger partial charge < -0.3 is 20.9 Å². The highest BCUT2D eigenvalue weighted by Crippen LogP contribution is 2.07. The van der Waals surface area contributed by atoms with Crippen LogP contribution in [0, 0.1) is 0 Å². The summed E-state index contributed by atoms with van der Waals surface area (Å²) >= 11 is 0. The molecule has 6 heteroatoms. The van der Waals surface area contributed by atoms with Crippen LogP contribution in [0.2, 0.25) is 0 Å². The Balaban J connectivity index is 2.18. The molecule has 1 aromatic rings. The van der Waals surface area contributed by atoms with Crippen LogP contribution in [0.1, 0.15) is 6.42 Å². The number of para-hydroxylation sites is 1. The number of ether oxygens (including phenoxy) is 1. The van der Waals surface area contributed by atoms with E-state index in [1.807, 2.05) is 18.2 Å². The molecule has 0 aromatic heterocycles. The minimum absolute atomic E-state index is 0.240. The van der Waals surface area contributed by atoms with Crippen LogP contribution in [-0.4, -0.2) is 36.2 Å². The zero-order valence-corrected chi connectivity index (χ0v) is 9.83. The molecule has 0 spiro atoms. The van der Waals surface area contributed by atoms with Crippen molar-refractivity contribution in [2.24, 2.45) is 5.73 Å². The van der Waals surface area contributed by atoms with E-state index in [-0.39, 0.29) is 19.6 Å². The van der Waals surface area contributed by atoms with Gasteiger partial charge in [-0.05, 0) is 12.1 Å². The van der Waals surface area contributed by atoms with Gasteiger partial charge in [-0.3, -0.25) is 9.59 Å². The fourth-order valence-corrected chi connectivity index (χ4v) is 1.26. The highest BCUT2D eigenvalue weighted by atomic mass is 16.5. The normalized spacial score (nSPS) is 11.6. The second-order valence-electron chi connectivity index (χ2n) is 3.64. The number of nitrogens with one attached hydrogen (secondary N) is 1. The molecular formula is C12H16N2O4. The second kappa shape index (κ2) is 7.29. The summed E-state index contributed by atoms with van der Waals surface area (Å²) in [5.74, 6) is -0.659. The third kappa shape index (κ3) is 5.31. The lowest BCUT2D eigenvalue weighted by Crippen LogP contribution is -2.39. The van der Waals surface area contributed by atoms with Crippen molar-refractivity contribution >= 4 is 11.8 Å². The minimum Gasteiger partial charge on any atom is -0.492 e. The molecule has 0 bridgehead atoms. The third-order valence-electron chi connectivity index (χ3n) is 2.11. The van der Waals surface area contributed by atoms with E-state index >= 15 is 0 Å². The van der Waals surface area contributed by atoms with Crippen molar-refractivity contribution in [3.8, 4) is 5.75 Å². The Morgan fingerprint density at radius 2 is 2.00 bits per heavy atom. The quantitative estimate of drug-likeness (QED) is 0.565. The molecule has 0 aliphatic carbocycles. The molecule has 0 heterocycles. The van der Waals surface area contributed by atoms with E-state index < -0.39 is 17.9 Å². The highest BCUT2D eigenvalue weighted by molar-refractivity contribution is 5.86. The highest BCUT2D eigenvalue weighted by Gasteiger charge is 2.16. The minimum atomic E-state index is -1.40. The molecule has 2 amide bonds. The molecule has 0 aliphatic rings. The van der Waals surface area contributed by atoms with Gasteiger partial charge in [-0.1, -0.05) is 18.2 Å². The maximum absolute atomic E-state index is 11.3. The van der Waals surface area contributed by atoms with Gasteiger partial charge in [0.25, 0.3) is 0 Å². The number of aliphatic hydroxyl groups excluding tert-OH is 1. The van der Waals surface area contributed by atoms with Crippen molar-refractivity contribution in [2.45, 2.75) is 12.5 Å². The lowest BCUT2D eigenvalue weighted by Gasteiger charge is -2.10. The Morgan fingerprint density at radius 3 is 2.61 bits per heavy atom. The smallest absolute Gasteiger partial charge is 0.249 e. The van der Waals surface area contributed by atoms with E-state index in [4.69, 9.17) is 10.5 Å². The number of rotatable bonds is 7. The van der Waals surface area contributed by atoms with E-state index in [0.717, 1.165) is 0 Å². The number of primary amides is 1. The van der Waals surface area contributed by atoms with Crippen molar-refractivity contribution in [2.75, 3.05) is 13.2 Å². The molecule has 98 valence electrons. The number of benzene rings is 1. The van der Waals surface area contributed by atoms with Gasteiger partial charge in [0.05, 0.1) is 13.0 Å². The lowest BCUT2D eigenvalue weighted by atomic mass is 10.2. The van der Waals surface area contributed by atoms with Gasteiger partial charge in [-0.15, -0.1) is 0 Å². The van der Waals surface area contributed by atoms with Crippen LogP contribution in [0.4, 0.5) is 0 Å². The summed E-state index contributed by atoms with van der Waals surface area (Å²) in [7, 11) is 0. The molecular weight excluding hydrogens is 236 g/mol. The average molecular weight is 252 g/mol. The van der Waals surface area contributed by atoms with Gasteiger partial charge in [0.2, 0.25) is 11.8 Å². The lowest BCUT2D eigenvalue weighted by molar-refractivity contribution is -0.133. The summed E-state index contributed by atoms with van der Waals surface area (Å²) in [6, 6.07) is 9.14. The molecule has 1 rings (SSSR count). The van der Waals surface area contributed by atoms with Gasteiger partial charge in [0.15, 0.2) is 0 Å². The number of carbonyl (C=O) groups is 2. The van der Waals surface area contributed by atoms with Crippen LogP contribution in [0.5, 0.6) is 5.75 Å². The SMILES string of the molecule is NC(=O)CC(O)C(=O)NCCOc1ccccc1. The number of aliphatic hydroxyl groups is 1. The number of carbonyl (C=O) groups excluding carboxylic acids is 2. The topological polar surface area (TPSA) is 102 Å². The van der Waals surface area contributed by atoms with Gasteiger partial charge in [0, 0.05) is 0 Å².